The van der Waals surface area contributed by atoms with Gasteiger partial charge in [0.05, 0.1) is 0 Å². The quantitative estimate of drug-likeness (QED) is 0.598. The lowest BCUT2D eigenvalue weighted by atomic mass is 10.0. The Bertz CT molecular complexity index is 559. The van der Waals surface area contributed by atoms with Gasteiger partial charge in [0.15, 0.2) is 5.78 Å². The molecule has 0 unspecified atom stereocenters. The van der Waals surface area contributed by atoms with Crippen LogP contribution in [0.2, 0.25) is 0 Å². The van der Waals surface area contributed by atoms with Crippen molar-refractivity contribution in [2.45, 2.75) is 0 Å². The first kappa shape index (κ1) is 11.2. The fourth-order valence-electron chi connectivity index (χ4n) is 1.52. The second kappa shape index (κ2) is 4.70. The number of aldehydes is 1. The summed E-state index contributed by atoms with van der Waals surface area (Å²) in [7, 11) is 0. The lowest BCUT2D eigenvalue weighted by Crippen LogP contribution is -2.01. The van der Waals surface area contributed by atoms with Crippen molar-refractivity contribution in [1.29, 1.82) is 0 Å². The highest BCUT2D eigenvalue weighted by atomic mass is 19.1. The molecule has 2 rings (SSSR count). The van der Waals surface area contributed by atoms with Crippen molar-refractivity contribution in [3.8, 4) is 0 Å². The number of ketones is 1. The van der Waals surface area contributed by atoms with Gasteiger partial charge in [0.2, 0.25) is 0 Å². The molecule has 0 aliphatic rings. The van der Waals surface area contributed by atoms with Crippen LogP contribution >= 0.6 is 0 Å². The maximum absolute atomic E-state index is 12.7. The predicted molar refractivity (Wildman–Crippen MR) is 61.7 cm³/mol. The predicted octanol–water partition coefficient (Wildman–Crippen LogP) is 2.87. The summed E-state index contributed by atoms with van der Waals surface area (Å²) in [6, 6.07) is 11.7. The molecule has 0 amide bonds. The Balaban J connectivity index is 2.36. The van der Waals surface area contributed by atoms with E-state index in [0.29, 0.717) is 23.0 Å². The third-order valence-electron chi connectivity index (χ3n) is 2.39. The number of benzene rings is 2. The highest BCUT2D eigenvalue weighted by Crippen LogP contribution is 2.11. The van der Waals surface area contributed by atoms with E-state index in [9.17, 15) is 14.0 Å². The van der Waals surface area contributed by atoms with Crippen molar-refractivity contribution in [3.63, 3.8) is 0 Å². The summed E-state index contributed by atoms with van der Waals surface area (Å²) in [5.74, 6) is -0.614. The number of carbonyl (C=O) groups is 2. The van der Waals surface area contributed by atoms with Gasteiger partial charge in [-0.15, -0.1) is 0 Å². The first-order valence-electron chi connectivity index (χ1n) is 5.06. The Morgan fingerprint density at radius 3 is 2.35 bits per heavy atom. The van der Waals surface area contributed by atoms with Gasteiger partial charge in [0, 0.05) is 16.7 Å². The number of hydrogen-bond donors (Lipinski definition) is 0. The number of rotatable bonds is 3. The van der Waals surface area contributed by atoms with Crippen LogP contribution in [0.25, 0.3) is 0 Å². The van der Waals surface area contributed by atoms with Gasteiger partial charge in [-0.1, -0.05) is 18.2 Å². The van der Waals surface area contributed by atoms with Crippen LogP contribution in [-0.2, 0) is 0 Å². The van der Waals surface area contributed by atoms with Crippen molar-refractivity contribution >= 4 is 12.1 Å². The highest BCUT2D eigenvalue weighted by Gasteiger charge is 2.09. The molecule has 84 valence electrons. The van der Waals surface area contributed by atoms with Crippen LogP contribution < -0.4 is 0 Å². The van der Waals surface area contributed by atoms with E-state index < -0.39 is 0 Å². The molecule has 3 heteroatoms. The first-order valence-corrected chi connectivity index (χ1v) is 5.06. The Kier molecular flexibility index (Phi) is 3.10. The molecule has 0 heterocycles. The summed E-state index contributed by atoms with van der Waals surface area (Å²) in [6.45, 7) is 0. The molecule has 0 aromatic heterocycles. The van der Waals surface area contributed by atoms with Crippen LogP contribution in [0.3, 0.4) is 0 Å². The summed E-state index contributed by atoms with van der Waals surface area (Å²) >= 11 is 0. The van der Waals surface area contributed by atoms with Crippen LogP contribution in [0.5, 0.6) is 0 Å². The Hall–Kier alpha value is -2.29. The molecular weight excluding hydrogens is 219 g/mol. The van der Waals surface area contributed by atoms with E-state index in [4.69, 9.17) is 0 Å². The molecule has 0 fully saturated rings. The average molecular weight is 228 g/mol. The zero-order valence-electron chi connectivity index (χ0n) is 8.89. The minimum Gasteiger partial charge on any atom is -0.298 e. The van der Waals surface area contributed by atoms with Crippen molar-refractivity contribution < 1.29 is 14.0 Å². The number of halogens is 1. The second-order valence-electron chi connectivity index (χ2n) is 3.58. The van der Waals surface area contributed by atoms with E-state index in [0.717, 1.165) is 0 Å². The largest absolute Gasteiger partial charge is 0.298 e. The van der Waals surface area contributed by atoms with E-state index in [-0.39, 0.29) is 11.6 Å². The van der Waals surface area contributed by atoms with E-state index in [2.05, 4.69) is 0 Å². The van der Waals surface area contributed by atoms with E-state index >= 15 is 0 Å². The van der Waals surface area contributed by atoms with Gasteiger partial charge in [-0.2, -0.15) is 0 Å². The normalized spacial score (nSPS) is 9.94. The molecule has 0 radical (unpaired) electrons. The van der Waals surface area contributed by atoms with Gasteiger partial charge in [-0.3, -0.25) is 9.59 Å². The molecule has 0 atom stereocenters. The smallest absolute Gasteiger partial charge is 0.193 e. The molecule has 2 nitrogen and oxygen atoms in total. The minimum atomic E-state index is -0.386. The summed E-state index contributed by atoms with van der Waals surface area (Å²) in [5, 5.41) is 0. The highest BCUT2D eigenvalue weighted by molar-refractivity contribution is 6.09. The maximum Gasteiger partial charge on any atom is 0.193 e. The molecule has 0 N–H and O–H groups in total. The van der Waals surface area contributed by atoms with Crippen LogP contribution in [-0.4, -0.2) is 12.1 Å². The molecule has 2 aromatic rings. The Morgan fingerprint density at radius 1 is 1.00 bits per heavy atom. The fraction of sp³-hybridized carbons (Fsp3) is 0. The van der Waals surface area contributed by atoms with Gasteiger partial charge in [0.25, 0.3) is 0 Å². The fourth-order valence-corrected chi connectivity index (χ4v) is 1.52. The van der Waals surface area contributed by atoms with Gasteiger partial charge in [-0.05, 0) is 30.3 Å². The zero-order chi connectivity index (χ0) is 12.3. The van der Waals surface area contributed by atoms with Crippen molar-refractivity contribution in [2.24, 2.45) is 0 Å². The SMILES string of the molecule is O=Cc1cccc(C(=O)c2ccc(F)cc2)c1. The molecule has 0 spiro atoms. The Labute approximate surface area is 97.7 Å². The van der Waals surface area contributed by atoms with Gasteiger partial charge < -0.3 is 0 Å². The van der Waals surface area contributed by atoms with Gasteiger partial charge >= 0.3 is 0 Å². The summed E-state index contributed by atoms with van der Waals surface area (Å²) in [6.07, 6.45) is 0.682. The summed E-state index contributed by atoms with van der Waals surface area (Å²) < 4.78 is 12.7. The van der Waals surface area contributed by atoms with E-state index in [1.54, 1.807) is 18.2 Å². The molecular formula is C14H9FO2. The van der Waals surface area contributed by atoms with Gasteiger partial charge in [-0.25, -0.2) is 4.39 Å². The lowest BCUT2D eigenvalue weighted by Gasteiger charge is -2.01. The molecule has 17 heavy (non-hydrogen) atoms. The van der Waals surface area contributed by atoms with Crippen molar-refractivity contribution in [2.75, 3.05) is 0 Å². The molecule has 0 saturated carbocycles. The number of carbonyl (C=O) groups excluding carboxylic acids is 2. The van der Waals surface area contributed by atoms with Crippen LogP contribution in [0.1, 0.15) is 26.3 Å². The molecule has 2 aromatic carbocycles. The second-order valence-corrected chi connectivity index (χ2v) is 3.58. The molecule has 0 aliphatic carbocycles. The van der Waals surface area contributed by atoms with Crippen LogP contribution in [0, 0.1) is 5.82 Å². The molecule has 0 aliphatic heterocycles. The lowest BCUT2D eigenvalue weighted by molar-refractivity contribution is 0.103. The number of hydrogen-bond acceptors (Lipinski definition) is 2. The van der Waals surface area contributed by atoms with E-state index in [1.807, 2.05) is 0 Å². The van der Waals surface area contributed by atoms with E-state index in [1.165, 1.54) is 30.3 Å². The minimum absolute atomic E-state index is 0.228. The van der Waals surface area contributed by atoms with Crippen LogP contribution in [0.4, 0.5) is 4.39 Å². The topological polar surface area (TPSA) is 34.1 Å². The van der Waals surface area contributed by atoms with Gasteiger partial charge in [0.1, 0.15) is 12.1 Å². The summed E-state index contributed by atoms with van der Waals surface area (Å²) in [4.78, 5) is 22.6. The molecule has 0 saturated heterocycles. The molecule has 0 bridgehead atoms. The van der Waals surface area contributed by atoms with Crippen molar-refractivity contribution in [1.82, 2.24) is 0 Å². The standard InChI is InChI=1S/C14H9FO2/c15-13-6-4-11(5-7-13)14(17)12-3-1-2-10(8-12)9-16/h1-9H. The van der Waals surface area contributed by atoms with Crippen LogP contribution in [0.15, 0.2) is 48.5 Å². The van der Waals surface area contributed by atoms with Crippen molar-refractivity contribution in [3.05, 3.63) is 71.0 Å². The first-order chi connectivity index (χ1) is 8.20. The average Bonchev–Trinajstić information content (AvgIpc) is 2.39. The maximum atomic E-state index is 12.7. The zero-order valence-corrected chi connectivity index (χ0v) is 8.89. The third-order valence-corrected chi connectivity index (χ3v) is 2.39. The Morgan fingerprint density at radius 2 is 1.71 bits per heavy atom. The third kappa shape index (κ3) is 2.45. The monoisotopic (exact) mass is 228 g/mol. The summed E-state index contributed by atoms with van der Waals surface area (Å²) in [5.41, 5.74) is 1.26.